The van der Waals surface area contributed by atoms with Crippen LogP contribution < -0.4 is 0 Å². The standard InChI is InChI=1S/C16H24O2/c1-7-17-15(5)13(3)11-9-10-12-14(4)16(6)18-8-2/h9-12H,5-8H2,1-4H3. The molecule has 0 N–H and O–H groups in total. The van der Waals surface area contributed by atoms with Gasteiger partial charge in [0, 0.05) is 0 Å². The van der Waals surface area contributed by atoms with Crippen LogP contribution in [0.25, 0.3) is 0 Å². The molecule has 2 heteroatoms. The van der Waals surface area contributed by atoms with E-state index in [1.54, 1.807) is 0 Å². The van der Waals surface area contributed by atoms with Crippen molar-refractivity contribution in [1.29, 1.82) is 0 Å². The van der Waals surface area contributed by atoms with Crippen LogP contribution in [0.5, 0.6) is 0 Å². The smallest absolute Gasteiger partial charge is 0.115 e. The summed E-state index contributed by atoms with van der Waals surface area (Å²) in [6, 6.07) is 0. The summed E-state index contributed by atoms with van der Waals surface area (Å²) in [6.07, 6.45) is 7.82. The minimum atomic E-state index is 0.640. The van der Waals surface area contributed by atoms with Crippen LogP contribution in [0.1, 0.15) is 27.7 Å². The second-order valence-electron chi connectivity index (χ2n) is 3.80. The topological polar surface area (TPSA) is 18.5 Å². The van der Waals surface area contributed by atoms with Crippen LogP contribution in [-0.4, -0.2) is 13.2 Å². The maximum Gasteiger partial charge on any atom is 0.115 e. The highest BCUT2D eigenvalue weighted by molar-refractivity contribution is 5.30. The van der Waals surface area contributed by atoms with Crippen molar-refractivity contribution < 1.29 is 9.47 Å². The van der Waals surface area contributed by atoms with Crippen LogP contribution >= 0.6 is 0 Å². The Morgan fingerprint density at radius 2 is 1.17 bits per heavy atom. The van der Waals surface area contributed by atoms with E-state index in [0.717, 1.165) is 11.1 Å². The van der Waals surface area contributed by atoms with E-state index >= 15 is 0 Å². The lowest BCUT2D eigenvalue weighted by molar-refractivity contribution is 0.239. The van der Waals surface area contributed by atoms with Gasteiger partial charge in [-0.1, -0.05) is 37.5 Å². The molecule has 0 atom stereocenters. The molecule has 2 nitrogen and oxygen atoms in total. The van der Waals surface area contributed by atoms with Crippen molar-refractivity contribution in [3.05, 3.63) is 60.1 Å². The Kier molecular flexibility index (Phi) is 8.46. The van der Waals surface area contributed by atoms with Gasteiger partial charge in [-0.3, -0.25) is 0 Å². The van der Waals surface area contributed by atoms with Crippen molar-refractivity contribution in [2.24, 2.45) is 0 Å². The zero-order valence-corrected chi connectivity index (χ0v) is 12.0. The Bertz CT molecular complexity index is 335. The second-order valence-corrected chi connectivity index (χ2v) is 3.80. The van der Waals surface area contributed by atoms with Gasteiger partial charge in [0.25, 0.3) is 0 Å². The van der Waals surface area contributed by atoms with Gasteiger partial charge in [0.15, 0.2) is 0 Å². The summed E-state index contributed by atoms with van der Waals surface area (Å²) in [6.45, 7) is 16.8. The first-order chi connectivity index (χ1) is 8.52. The maximum atomic E-state index is 5.31. The molecular formula is C16H24O2. The summed E-state index contributed by atoms with van der Waals surface area (Å²) in [7, 11) is 0. The van der Waals surface area contributed by atoms with Crippen molar-refractivity contribution in [2.75, 3.05) is 13.2 Å². The third-order valence-corrected chi connectivity index (χ3v) is 2.32. The molecule has 0 saturated carbocycles. The van der Waals surface area contributed by atoms with Crippen LogP contribution in [0.4, 0.5) is 0 Å². The lowest BCUT2D eigenvalue weighted by atomic mass is 10.2. The molecule has 0 aromatic carbocycles. The lowest BCUT2D eigenvalue weighted by Crippen LogP contribution is -1.91. The molecule has 0 spiro atoms. The van der Waals surface area contributed by atoms with Crippen molar-refractivity contribution in [2.45, 2.75) is 27.7 Å². The van der Waals surface area contributed by atoms with Crippen LogP contribution in [0.2, 0.25) is 0 Å². The minimum Gasteiger partial charge on any atom is -0.494 e. The van der Waals surface area contributed by atoms with Crippen LogP contribution in [0.3, 0.4) is 0 Å². The van der Waals surface area contributed by atoms with Crippen LogP contribution in [0, 0.1) is 0 Å². The molecular weight excluding hydrogens is 224 g/mol. The van der Waals surface area contributed by atoms with E-state index in [2.05, 4.69) is 13.2 Å². The lowest BCUT2D eigenvalue weighted by Gasteiger charge is -2.06. The van der Waals surface area contributed by atoms with E-state index in [1.165, 1.54) is 0 Å². The third-order valence-electron chi connectivity index (χ3n) is 2.32. The first-order valence-electron chi connectivity index (χ1n) is 6.18. The monoisotopic (exact) mass is 248 g/mol. The first kappa shape index (κ1) is 16.3. The summed E-state index contributed by atoms with van der Waals surface area (Å²) in [5.74, 6) is 1.42. The normalized spacial score (nSPS) is 12.7. The SMILES string of the molecule is C=C(OCC)C(C)=CC=CC=C(C)C(=C)OCC. The Morgan fingerprint density at radius 1 is 0.833 bits per heavy atom. The fourth-order valence-electron chi connectivity index (χ4n) is 1.16. The summed E-state index contributed by atoms with van der Waals surface area (Å²) in [4.78, 5) is 0. The van der Waals surface area contributed by atoms with Crippen molar-refractivity contribution in [1.82, 2.24) is 0 Å². The van der Waals surface area contributed by atoms with Crippen molar-refractivity contribution >= 4 is 0 Å². The third kappa shape index (κ3) is 6.79. The molecule has 0 amide bonds. The number of hydrogen-bond donors (Lipinski definition) is 0. The van der Waals surface area contributed by atoms with E-state index < -0.39 is 0 Å². The van der Waals surface area contributed by atoms with E-state index in [9.17, 15) is 0 Å². The highest BCUT2D eigenvalue weighted by Gasteiger charge is 1.95. The second kappa shape index (κ2) is 9.34. The zero-order valence-electron chi connectivity index (χ0n) is 12.0. The maximum absolute atomic E-state index is 5.31. The van der Waals surface area contributed by atoms with Gasteiger partial charge in [0.2, 0.25) is 0 Å². The number of ether oxygens (including phenoxy) is 2. The van der Waals surface area contributed by atoms with Crippen molar-refractivity contribution in [3.63, 3.8) is 0 Å². The van der Waals surface area contributed by atoms with E-state index in [1.807, 2.05) is 52.0 Å². The number of hydrogen-bond acceptors (Lipinski definition) is 2. The molecule has 0 aliphatic carbocycles. The summed E-state index contributed by atoms with van der Waals surface area (Å²) >= 11 is 0. The predicted octanol–water partition coefficient (Wildman–Crippen LogP) is 4.54. The van der Waals surface area contributed by atoms with Gasteiger partial charge in [0.1, 0.15) is 11.5 Å². The Balaban J connectivity index is 4.40. The number of rotatable bonds is 8. The Morgan fingerprint density at radius 3 is 1.44 bits per heavy atom. The van der Waals surface area contributed by atoms with Crippen LogP contribution in [-0.2, 0) is 9.47 Å². The van der Waals surface area contributed by atoms with Gasteiger partial charge < -0.3 is 9.47 Å². The molecule has 0 heterocycles. The zero-order chi connectivity index (χ0) is 14.0. The Hall–Kier alpha value is -1.70. The van der Waals surface area contributed by atoms with Gasteiger partial charge in [-0.25, -0.2) is 0 Å². The average Bonchev–Trinajstić information content (AvgIpc) is 2.34. The first-order valence-corrected chi connectivity index (χ1v) is 6.18. The predicted molar refractivity (Wildman–Crippen MR) is 78.2 cm³/mol. The molecule has 0 radical (unpaired) electrons. The molecule has 100 valence electrons. The largest absolute Gasteiger partial charge is 0.494 e. The van der Waals surface area contributed by atoms with E-state index in [4.69, 9.17) is 9.47 Å². The molecule has 18 heavy (non-hydrogen) atoms. The van der Waals surface area contributed by atoms with Gasteiger partial charge >= 0.3 is 0 Å². The molecule has 0 rings (SSSR count). The molecule has 0 aromatic rings. The summed E-state index contributed by atoms with van der Waals surface area (Å²) in [5, 5.41) is 0. The molecule has 0 aliphatic heterocycles. The van der Waals surface area contributed by atoms with E-state index in [-0.39, 0.29) is 0 Å². The summed E-state index contributed by atoms with van der Waals surface area (Å²) in [5.41, 5.74) is 2.03. The van der Waals surface area contributed by atoms with Gasteiger partial charge in [-0.2, -0.15) is 0 Å². The van der Waals surface area contributed by atoms with Gasteiger partial charge in [-0.15, -0.1) is 0 Å². The fraction of sp³-hybridized carbons (Fsp3) is 0.375. The molecule has 0 aliphatic rings. The minimum absolute atomic E-state index is 0.640. The fourth-order valence-corrected chi connectivity index (χ4v) is 1.16. The molecule has 0 unspecified atom stereocenters. The Labute approximate surface area is 111 Å². The highest BCUT2D eigenvalue weighted by Crippen LogP contribution is 2.10. The number of allylic oxidation sites excluding steroid dienone is 6. The molecule has 0 aromatic heterocycles. The summed E-state index contributed by atoms with van der Waals surface area (Å²) < 4.78 is 10.6. The van der Waals surface area contributed by atoms with Crippen LogP contribution in [0.15, 0.2) is 60.1 Å². The molecule has 0 bridgehead atoms. The average molecular weight is 248 g/mol. The highest BCUT2D eigenvalue weighted by atomic mass is 16.5. The molecule has 0 saturated heterocycles. The quantitative estimate of drug-likeness (QED) is 0.464. The van der Waals surface area contributed by atoms with E-state index in [0.29, 0.717) is 24.7 Å². The van der Waals surface area contributed by atoms with Gasteiger partial charge in [0.05, 0.1) is 13.2 Å². The molecule has 0 fully saturated rings. The van der Waals surface area contributed by atoms with Crippen molar-refractivity contribution in [3.8, 4) is 0 Å². The van der Waals surface area contributed by atoms with Gasteiger partial charge in [-0.05, 0) is 38.8 Å².